The third kappa shape index (κ3) is 10.9. The summed E-state index contributed by atoms with van der Waals surface area (Å²) in [6, 6.07) is 149. The number of thiophene rings is 1. The quantitative estimate of drug-likeness (QED) is 0.115. The van der Waals surface area contributed by atoms with Crippen LogP contribution >= 0.6 is 11.3 Å². The number of benzene rings is 16. The third-order valence-corrected chi connectivity index (χ3v) is 22.1. The van der Waals surface area contributed by atoms with Crippen molar-refractivity contribution in [1.82, 2.24) is 18.3 Å². The Morgan fingerprint density at radius 1 is 0.187 bits per heavy atom. The van der Waals surface area contributed by atoms with Crippen molar-refractivity contribution < 1.29 is 0 Å². The van der Waals surface area contributed by atoms with Gasteiger partial charge in [-0.3, -0.25) is 18.3 Å². The van der Waals surface area contributed by atoms with Gasteiger partial charge in [0.15, 0.2) is 0 Å². The summed E-state index contributed by atoms with van der Waals surface area (Å²) in [4.78, 5) is 4.71. The van der Waals surface area contributed by atoms with Gasteiger partial charge < -0.3 is 9.80 Å². The minimum Gasteiger partial charge on any atom is -0.310 e. The van der Waals surface area contributed by atoms with Gasteiger partial charge in [-0.15, -0.1) is 11.3 Å². The summed E-state index contributed by atoms with van der Waals surface area (Å²) in [7, 11) is 0. The molecule has 0 radical (unpaired) electrons. The molecular weight excluding hydrogens is 1320 g/mol. The fourth-order valence-electron chi connectivity index (χ4n) is 16.3. The fourth-order valence-corrected chi connectivity index (χ4v) is 17.3. The standard InChI is InChI=1S/C50H33N3S.C50H35N3/c1-4-15-35(16-5-1)51(39-31-32-47-43(33-39)41-21-11-13-26-46(41)54-47)38-29-27-34(28-30-38)40-23-14-25-45-48(40)49-42-22-10-12-24-44(42)52(36-17-6-2-7-18-36)50(49)53(45)37-19-8-3-9-20-37;1-5-16-36(17-6-1)37-28-31-43(32-29-37)51(40-19-7-2-8-20-40)44-25-15-18-38(34-44)39-30-33-46-48(35-39)53(42-23-11-4-12-24-42)50-49(46)45-26-13-14-27-47(45)52(50)41-21-9-3-10-22-41/h1-33H;1-35H. The Bertz CT molecular complexity index is 6820. The highest BCUT2D eigenvalue weighted by Crippen LogP contribution is 2.48. The number of hydrogen-bond acceptors (Lipinski definition) is 3. The number of anilines is 6. The Labute approximate surface area is 623 Å². The van der Waals surface area contributed by atoms with Crippen molar-refractivity contribution in [3.8, 4) is 56.1 Å². The first kappa shape index (κ1) is 62.8. The van der Waals surface area contributed by atoms with Gasteiger partial charge in [0.05, 0.1) is 22.1 Å². The van der Waals surface area contributed by atoms with E-state index in [2.05, 4.69) is 441 Å². The molecule has 0 aliphatic carbocycles. The van der Waals surface area contributed by atoms with Crippen LogP contribution in [0.4, 0.5) is 34.1 Å². The molecule has 0 atom stereocenters. The molecule has 7 heteroatoms. The molecule has 107 heavy (non-hydrogen) atoms. The maximum absolute atomic E-state index is 2.44. The second kappa shape index (κ2) is 26.7. The van der Waals surface area contributed by atoms with Crippen LogP contribution in [0.3, 0.4) is 0 Å². The summed E-state index contributed by atoms with van der Waals surface area (Å²) < 4.78 is 12.3. The Morgan fingerprint density at radius 3 is 1.11 bits per heavy atom. The van der Waals surface area contributed by atoms with Crippen molar-refractivity contribution in [1.29, 1.82) is 0 Å². The van der Waals surface area contributed by atoms with E-state index in [0.29, 0.717) is 0 Å². The second-order valence-electron chi connectivity index (χ2n) is 27.2. The molecule has 0 saturated carbocycles. The predicted octanol–water partition coefficient (Wildman–Crippen LogP) is 27.8. The van der Waals surface area contributed by atoms with E-state index in [0.717, 1.165) is 62.4 Å². The first-order chi connectivity index (χ1) is 53.1. The summed E-state index contributed by atoms with van der Waals surface area (Å²) in [5.41, 5.74) is 25.5. The molecule has 0 spiro atoms. The van der Waals surface area contributed by atoms with Crippen molar-refractivity contribution in [2.75, 3.05) is 9.80 Å². The van der Waals surface area contributed by atoms with E-state index in [1.54, 1.807) is 0 Å². The van der Waals surface area contributed by atoms with Gasteiger partial charge in [0.25, 0.3) is 0 Å². The van der Waals surface area contributed by atoms with E-state index in [-0.39, 0.29) is 0 Å². The molecular formula is C100H68N6S. The van der Waals surface area contributed by atoms with E-state index in [4.69, 9.17) is 0 Å². The Kier molecular flexibility index (Phi) is 15.7. The second-order valence-corrected chi connectivity index (χ2v) is 28.3. The van der Waals surface area contributed by atoms with Crippen LogP contribution in [0.2, 0.25) is 0 Å². The van der Waals surface area contributed by atoms with Crippen molar-refractivity contribution in [3.05, 3.63) is 413 Å². The van der Waals surface area contributed by atoms with E-state index in [1.807, 2.05) is 11.3 Å². The van der Waals surface area contributed by atoms with E-state index in [9.17, 15) is 0 Å². The summed E-state index contributed by atoms with van der Waals surface area (Å²) >= 11 is 1.85. The molecule has 5 aromatic heterocycles. The van der Waals surface area contributed by atoms with Crippen LogP contribution in [0.25, 0.3) is 142 Å². The van der Waals surface area contributed by atoms with Crippen LogP contribution in [0, 0.1) is 0 Å². The van der Waals surface area contributed by atoms with Gasteiger partial charge >= 0.3 is 0 Å². The zero-order valence-electron chi connectivity index (χ0n) is 58.4. The van der Waals surface area contributed by atoms with E-state index in [1.165, 1.54) is 114 Å². The molecule has 21 rings (SSSR count). The molecule has 0 aliphatic rings. The van der Waals surface area contributed by atoms with Crippen LogP contribution < -0.4 is 9.80 Å². The zero-order valence-corrected chi connectivity index (χ0v) is 59.2. The van der Waals surface area contributed by atoms with E-state index < -0.39 is 0 Å². The van der Waals surface area contributed by atoms with Crippen molar-refractivity contribution >= 4 is 131 Å². The molecule has 0 N–H and O–H groups in total. The lowest BCUT2D eigenvalue weighted by molar-refractivity contribution is 1.07. The number of aromatic nitrogens is 4. The molecule has 0 fully saturated rings. The molecule has 6 nitrogen and oxygen atoms in total. The third-order valence-electron chi connectivity index (χ3n) is 21.0. The monoisotopic (exact) mass is 1380 g/mol. The van der Waals surface area contributed by atoms with Gasteiger partial charge in [-0.2, -0.15) is 0 Å². The highest BCUT2D eigenvalue weighted by atomic mass is 32.1. The molecule has 0 aliphatic heterocycles. The van der Waals surface area contributed by atoms with Crippen LogP contribution in [-0.2, 0) is 0 Å². The summed E-state index contributed by atoms with van der Waals surface area (Å²) in [6.07, 6.45) is 0. The lowest BCUT2D eigenvalue weighted by atomic mass is 9.98. The first-order valence-corrected chi connectivity index (χ1v) is 37.3. The highest BCUT2D eigenvalue weighted by molar-refractivity contribution is 7.25. The molecule has 0 unspecified atom stereocenters. The molecule has 16 aromatic carbocycles. The molecule has 0 saturated heterocycles. The number of fused-ring (bicyclic) bond motifs is 13. The molecule has 504 valence electrons. The lowest BCUT2D eigenvalue weighted by Crippen LogP contribution is -2.09. The van der Waals surface area contributed by atoms with Gasteiger partial charge in [-0.05, 0) is 191 Å². The predicted molar refractivity (Wildman–Crippen MR) is 454 cm³/mol. The molecule has 5 heterocycles. The topological polar surface area (TPSA) is 26.2 Å². The van der Waals surface area contributed by atoms with Crippen molar-refractivity contribution in [2.24, 2.45) is 0 Å². The van der Waals surface area contributed by atoms with Crippen molar-refractivity contribution in [3.63, 3.8) is 0 Å². The maximum atomic E-state index is 2.44. The minimum absolute atomic E-state index is 1.10. The van der Waals surface area contributed by atoms with Crippen molar-refractivity contribution in [2.45, 2.75) is 0 Å². The molecule has 0 bridgehead atoms. The van der Waals surface area contributed by atoms with Gasteiger partial charge in [-0.1, -0.05) is 255 Å². The average molecular weight is 1390 g/mol. The molecule has 21 aromatic rings. The Balaban J connectivity index is 0.000000141. The molecule has 0 amide bonds. The van der Waals surface area contributed by atoms with Gasteiger partial charge in [0.1, 0.15) is 11.3 Å². The number of rotatable bonds is 13. The Morgan fingerprint density at radius 2 is 0.542 bits per heavy atom. The summed E-state index contributed by atoms with van der Waals surface area (Å²) in [6.45, 7) is 0. The number of nitrogens with zero attached hydrogens (tertiary/aromatic N) is 6. The summed E-state index contributed by atoms with van der Waals surface area (Å²) in [5, 5.41) is 10.1. The van der Waals surface area contributed by atoms with Gasteiger partial charge in [0, 0.05) is 109 Å². The lowest BCUT2D eigenvalue weighted by Gasteiger charge is -2.26. The SMILES string of the molecule is c1ccc(-c2ccc(N(c3ccccc3)c3cccc(-c4ccc5c6c7ccccc7n(-c7ccccc7)c6n(-c6ccccc6)c5c4)c3)cc2)cc1.c1ccc(N(c2ccc(-c3cccc4c3c3c5ccccc5n(-c5ccccc5)c3n4-c3ccccc3)cc2)c2ccc3sc4ccccc4c3c2)cc1. The Hall–Kier alpha value is -14.0. The zero-order chi connectivity index (χ0) is 70.7. The average Bonchev–Trinajstić information content (AvgIpc) is 1.55. The fraction of sp³-hybridized carbons (Fsp3) is 0. The van der Waals surface area contributed by atoms with E-state index >= 15 is 0 Å². The highest BCUT2D eigenvalue weighted by Gasteiger charge is 2.27. The van der Waals surface area contributed by atoms with Crippen LogP contribution in [0.1, 0.15) is 0 Å². The minimum atomic E-state index is 1.10. The first-order valence-electron chi connectivity index (χ1n) is 36.5. The normalized spacial score (nSPS) is 11.6. The van der Waals surface area contributed by atoms with Gasteiger partial charge in [-0.25, -0.2) is 0 Å². The largest absolute Gasteiger partial charge is 0.310 e. The maximum Gasteiger partial charge on any atom is 0.131 e. The smallest absolute Gasteiger partial charge is 0.131 e. The van der Waals surface area contributed by atoms with Crippen LogP contribution in [0.15, 0.2) is 413 Å². The number of hydrogen-bond donors (Lipinski definition) is 0. The summed E-state index contributed by atoms with van der Waals surface area (Å²) in [5.74, 6) is 0. The van der Waals surface area contributed by atoms with Crippen LogP contribution in [-0.4, -0.2) is 18.3 Å². The van der Waals surface area contributed by atoms with Crippen LogP contribution in [0.5, 0.6) is 0 Å². The van der Waals surface area contributed by atoms with Gasteiger partial charge in [0.2, 0.25) is 0 Å². The number of para-hydroxylation sites is 8.